The Labute approximate surface area is 111 Å². The van der Waals surface area contributed by atoms with Crippen molar-refractivity contribution in [2.24, 2.45) is 5.73 Å². The fourth-order valence-corrected chi connectivity index (χ4v) is 2.67. The molecule has 1 unspecified atom stereocenters. The Bertz CT molecular complexity index is 370. The minimum atomic E-state index is 0.620. The van der Waals surface area contributed by atoms with Gasteiger partial charge in [0.1, 0.15) is 0 Å². The summed E-state index contributed by atoms with van der Waals surface area (Å²) in [6.45, 7) is 9.78. The lowest BCUT2D eigenvalue weighted by Gasteiger charge is -2.39. The van der Waals surface area contributed by atoms with Crippen LogP contribution in [0.25, 0.3) is 0 Å². The highest BCUT2D eigenvalue weighted by molar-refractivity contribution is 5.48. The van der Waals surface area contributed by atoms with E-state index in [2.05, 4.69) is 47.9 Å². The lowest BCUT2D eigenvalue weighted by atomic mass is 10.1. The molecule has 0 spiro atoms. The van der Waals surface area contributed by atoms with E-state index in [1.54, 1.807) is 0 Å². The summed E-state index contributed by atoms with van der Waals surface area (Å²) >= 11 is 0. The molecular formula is C15H25N3. The molecule has 0 amide bonds. The van der Waals surface area contributed by atoms with Gasteiger partial charge in [-0.3, -0.25) is 4.90 Å². The van der Waals surface area contributed by atoms with E-state index in [0.717, 1.165) is 39.1 Å². The second-order valence-electron chi connectivity index (χ2n) is 5.29. The molecule has 3 heteroatoms. The largest absolute Gasteiger partial charge is 0.369 e. The summed E-state index contributed by atoms with van der Waals surface area (Å²) in [6.07, 6.45) is 1.10. The Morgan fingerprint density at radius 3 is 2.56 bits per heavy atom. The number of piperazine rings is 1. The number of nitrogens with two attached hydrogens (primary N) is 1. The second kappa shape index (κ2) is 6.21. The smallest absolute Gasteiger partial charge is 0.0369 e. The van der Waals surface area contributed by atoms with Gasteiger partial charge in [0.25, 0.3) is 0 Å². The van der Waals surface area contributed by atoms with Gasteiger partial charge in [0.05, 0.1) is 0 Å². The first-order chi connectivity index (χ1) is 8.70. The normalized spacial score (nSPS) is 18.9. The number of anilines is 1. The molecule has 2 N–H and O–H groups in total. The van der Waals surface area contributed by atoms with E-state index >= 15 is 0 Å². The van der Waals surface area contributed by atoms with E-state index in [4.69, 9.17) is 5.73 Å². The topological polar surface area (TPSA) is 32.5 Å². The molecule has 1 aliphatic rings. The maximum atomic E-state index is 5.63. The van der Waals surface area contributed by atoms with Crippen LogP contribution in [0, 0.1) is 6.92 Å². The molecule has 0 aromatic heterocycles. The van der Waals surface area contributed by atoms with Gasteiger partial charge in [0.15, 0.2) is 0 Å². The molecule has 0 radical (unpaired) electrons. The zero-order valence-electron chi connectivity index (χ0n) is 11.6. The van der Waals surface area contributed by atoms with Crippen molar-refractivity contribution in [1.82, 2.24) is 4.90 Å². The minimum Gasteiger partial charge on any atom is -0.369 e. The molecule has 1 aliphatic heterocycles. The molecule has 1 heterocycles. The lowest BCUT2D eigenvalue weighted by molar-refractivity contribution is 0.190. The highest BCUT2D eigenvalue weighted by Crippen LogP contribution is 2.18. The summed E-state index contributed by atoms with van der Waals surface area (Å²) in [5.41, 5.74) is 8.34. The van der Waals surface area contributed by atoms with Crippen molar-refractivity contribution in [1.29, 1.82) is 0 Å². The average molecular weight is 247 g/mol. The summed E-state index contributed by atoms with van der Waals surface area (Å²) in [7, 11) is 0. The quantitative estimate of drug-likeness (QED) is 0.881. The van der Waals surface area contributed by atoms with Gasteiger partial charge < -0.3 is 10.6 Å². The Morgan fingerprint density at radius 2 is 1.94 bits per heavy atom. The van der Waals surface area contributed by atoms with Gasteiger partial charge >= 0.3 is 0 Å². The fraction of sp³-hybridized carbons (Fsp3) is 0.600. The highest BCUT2D eigenvalue weighted by atomic mass is 15.3. The first-order valence-corrected chi connectivity index (χ1v) is 6.96. The number of rotatable bonds is 4. The van der Waals surface area contributed by atoms with Crippen LogP contribution in [0.15, 0.2) is 24.3 Å². The zero-order chi connectivity index (χ0) is 13.0. The predicted octanol–water partition coefficient (Wildman–Crippen LogP) is 1.85. The van der Waals surface area contributed by atoms with Crippen molar-refractivity contribution in [3.05, 3.63) is 29.8 Å². The molecule has 1 aromatic carbocycles. The molecule has 1 atom stereocenters. The monoisotopic (exact) mass is 247 g/mol. The standard InChI is InChI=1S/C15H25N3/c1-13-4-3-5-15(12-13)18-10-8-17(9-11-18)14(2)6-7-16/h3-5,12,14H,6-11,16H2,1-2H3. The molecule has 1 aromatic rings. The molecule has 1 saturated heterocycles. The third-order valence-electron chi connectivity index (χ3n) is 3.89. The van der Waals surface area contributed by atoms with Crippen molar-refractivity contribution in [3.8, 4) is 0 Å². The number of benzene rings is 1. The van der Waals surface area contributed by atoms with E-state index in [1.165, 1.54) is 11.3 Å². The van der Waals surface area contributed by atoms with E-state index in [-0.39, 0.29) is 0 Å². The van der Waals surface area contributed by atoms with Crippen LogP contribution < -0.4 is 10.6 Å². The molecule has 0 bridgehead atoms. The summed E-state index contributed by atoms with van der Waals surface area (Å²) in [5.74, 6) is 0. The Balaban J connectivity index is 1.90. The van der Waals surface area contributed by atoms with E-state index < -0.39 is 0 Å². The third kappa shape index (κ3) is 3.24. The summed E-state index contributed by atoms with van der Waals surface area (Å²) in [6, 6.07) is 9.41. The van der Waals surface area contributed by atoms with Crippen LogP contribution in [0.5, 0.6) is 0 Å². The van der Waals surface area contributed by atoms with Crippen LogP contribution in [0.2, 0.25) is 0 Å². The number of aryl methyl sites for hydroxylation is 1. The van der Waals surface area contributed by atoms with Crippen molar-refractivity contribution in [2.45, 2.75) is 26.3 Å². The van der Waals surface area contributed by atoms with Gasteiger partial charge in [-0.05, 0) is 44.5 Å². The van der Waals surface area contributed by atoms with Gasteiger partial charge in [-0.1, -0.05) is 12.1 Å². The molecule has 2 rings (SSSR count). The molecule has 0 aliphatic carbocycles. The Kier molecular flexibility index (Phi) is 4.61. The maximum Gasteiger partial charge on any atom is 0.0369 e. The first-order valence-electron chi connectivity index (χ1n) is 6.96. The van der Waals surface area contributed by atoms with Gasteiger partial charge in [-0.15, -0.1) is 0 Å². The van der Waals surface area contributed by atoms with Crippen LogP contribution in [0.4, 0.5) is 5.69 Å². The summed E-state index contributed by atoms with van der Waals surface area (Å²) in [5, 5.41) is 0. The van der Waals surface area contributed by atoms with Crippen LogP contribution in [0.3, 0.4) is 0 Å². The van der Waals surface area contributed by atoms with E-state index in [9.17, 15) is 0 Å². The fourth-order valence-electron chi connectivity index (χ4n) is 2.67. The van der Waals surface area contributed by atoms with Crippen LogP contribution >= 0.6 is 0 Å². The minimum absolute atomic E-state index is 0.620. The van der Waals surface area contributed by atoms with Crippen LogP contribution in [-0.4, -0.2) is 43.7 Å². The van der Waals surface area contributed by atoms with Crippen molar-refractivity contribution >= 4 is 5.69 Å². The van der Waals surface area contributed by atoms with Gasteiger partial charge in [0.2, 0.25) is 0 Å². The second-order valence-corrected chi connectivity index (χ2v) is 5.29. The SMILES string of the molecule is Cc1cccc(N2CCN(C(C)CCN)CC2)c1. The van der Waals surface area contributed by atoms with Crippen molar-refractivity contribution < 1.29 is 0 Å². The number of hydrogen-bond donors (Lipinski definition) is 1. The maximum absolute atomic E-state index is 5.63. The summed E-state index contributed by atoms with van der Waals surface area (Å²) in [4.78, 5) is 5.04. The van der Waals surface area contributed by atoms with Gasteiger partial charge in [-0.25, -0.2) is 0 Å². The van der Waals surface area contributed by atoms with Crippen LogP contribution in [0.1, 0.15) is 18.9 Å². The molecule has 18 heavy (non-hydrogen) atoms. The molecule has 3 nitrogen and oxygen atoms in total. The number of nitrogens with zero attached hydrogens (tertiary/aromatic N) is 2. The molecule has 0 saturated carbocycles. The first kappa shape index (κ1) is 13.4. The Hall–Kier alpha value is -1.06. The molecule has 1 fully saturated rings. The predicted molar refractivity (Wildman–Crippen MR) is 78.1 cm³/mol. The zero-order valence-corrected chi connectivity index (χ0v) is 11.6. The Morgan fingerprint density at radius 1 is 1.22 bits per heavy atom. The number of hydrogen-bond acceptors (Lipinski definition) is 3. The van der Waals surface area contributed by atoms with Gasteiger partial charge in [0, 0.05) is 37.9 Å². The van der Waals surface area contributed by atoms with E-state index in [1.807, 2.05) is 0 Å². The molecule has 100 valence electrons. The lowest BCUT2D eigenvalue weighted by Crippen LogP contribution is -2.50. The average Bonchev–Trinajstić information content (AvgIpc) is 2.39. The van der Waals surface area contributed by atoms with Crippen LogP contribution in [-0.2, 0) is 0 Å². The molecular weight excluding hydrogens is 222 g/mol. The highest BCUT2D eigenvalue weighted by Gasteiger charge is 2.20. The summed E-state index contributed by atoms with van der Waals surface area (Å²) < 4.78 is 0. The van der Waals surface area contributed by atoms with E-state index in [0.29, 0.717) is 6.04 Å². The third-order valence-corrected chi connectivity index (χ3v) is 3.89. The van der Waals surface area contributed by atoms with Crippen molar-refractivity contribution in [2.75, 3.05) is 37.6 Å². The van der Waals surface area contributed by atoms with Crippen molar-refractivity contribution in [3.63, 3.8) is 0 Å². The van der Waals surface area contributed by atoms with Gasteiger partial charge in [-0.2, -0.15) is 0 Å².